The van der Waals surface area contributed by atoms with Crippen molar-refractivity contribution >= 4 is 22.5 Å². The van der Waals surface area contributed by atoms with E-state index in [-0.39, 0.29) is 0 Å². The smallest absolute Gasteiger partial charge is 0.0854 e. The van der Waals surface area contributed by atoms with E-state index in [1.165, 1.54) is 0 Å². The summed E-state index contributed by atoms with van der Waals surface area (Å²) >= 11 is 6.29. The van der Waals surface area contributed by atoms with Crippen LogP contribution in [0.25, 0.3) is 10.9 Å². The van der Waals surface area contributed by atoms with Crippen molar-refractivity contribution in [1.29, 1.82) is 0 Å². The minimum atomic E-state index is -0.939. The topological polar surface area (TPSA) is 46.0 Å². The maximum absolute atomic E-state index is 10.1. The molecule has 3 aromatic rings. The average Bonchev–Trinajstić information content (AvgIpc) is 2.46. The van der Waals surface area contributed by atoms with Gasteiger partial charge in [0.1, 0.15) is 0 Å². The third kappa shape index (κ3) is 3.11. The minimum absolute atomic E-state index is 0.584. The molecule has 0 saturated carbocycles. The molecule has 22 heavy (non-hydrogen) atoms. The van der Waals surface area contributed by atoms with Crippen LogP contribution in [0.15, 0.2) is 48.9 Å². The number of rotatable bonds is 3. The number of aromatic nitrogens is 2. The quantitative estimate of drug-likeness (QED) is 0.792. The molecule has 3 rings (SSSR count). The van der Waals surface area contributed by atoms with Crippen molar-refractivity contribution in [3.8, 4) is 0 Å². The first-order valence-corrected chi connectivity index (χ1v) is 7.51. The highest BCUT2D eigenvalue weighted by atomic mass is 35.5. The Balaban J connectivity index is 1.90. The molecule has 4 heteroatoms. The molecule has 1 aromatic carbocycles. The van der Waals surface area contributed by atoms with Gasteiger partial charge in [-0.2, -0.15) is 0 Å². The first kappa shape index (κ1) is 14.9. The van der Waals surface area contributed by atoms with E-state index in [0.29, 0.717) is 5.02 Å². The Kier molecular flexibility index (Phi) is 3.85. The van der Waals surface area contributed by atoms with Crippen LogP contribution in [-0.4, -0.2) is 15.1 Å². The van der Waals surface area contributed by atoms with Crippen molar-refractivity contribution in [3.05, 3.63) is 70.6 Å². The molecule has 0 aliphatic heterocycles. The summed E-state index contributed by atoms with van der Waals surface area (Å²) in [4.78, 5) is 8.57. The van der Waals surface area contributed by atoms with Crippen molar-refractivity contribution in [1.82, 2.24) is 9.97 Å². The van der Waals surface area contributed by atoms with Gasteiger partial charge in [0.15, 0.2) is 0 Å². The largest absolute Gasteiger partial charge is 0.386 e. The number of hydrogen-bond acceptors (Lipinski definition) is 3. The zero-order chi connectivity index (χ0) is 15.7. The molecule has 112 valence electrons. The highest BCUT2D eigenvalue weighted by molar-refractivity contribution is 6.31. The van der Waals surface area contributed by atoms with Gasteiger partial charge >= 0.3 is 0 Å². The van der Waals surface area contributed by atoms with Gasteiger partial charge in [0.05, 0.1) is 11.1 Å². The Morgan fingerprint density at radius 3 is 2.64 bits per heavy atom. The van der Waals surface area contributed by atoms with Crippen LogP contribution in [0.5, 0.6) is 0 Å². The van der Waals surface area contributed by atoms with E-state index in [2.05, 4.69) is 16.0 Å². The Labute approximate surface area is 134 Å². The summed E-state index contributed by atoms with van der Waals surface area (Å²) in [5.74, 6) is 0. The number of hydrogen-bond donors (Lipinski definition) is 1. The SMILES string of the molecule is CC(C)(O)c1ccc(Cc2cnc3ccncc3c2)cc1Cl. The van der Waals surface area contributed by atoms with Crippen molar-refractivity contribution in [2.24, 2.45) is 0 Å². The van der Waals surface area contributed by atoms with E-state index in [1.54, 1.807) is 20.0 Å². The van der Waals surface area contributed by atoms with Crippen molar-refractivity contribution < 1.29 is 5.11 Å². The molecule has 0 aliphatic carbocycles. The van der Waals surface area contributed by atoms with Crippen LogP contribution < -0.4 is 0 Å². The molecule has 0 fully saturated rings. The van der Waals surface area contributed by atoms with Crippen LogP contribution in [0.2, 0.25) is 5.02 Å². The molecule has 1 N–H and O–H groups in total. The van der Waals surface area contributed by atoms with Gasteiger partial charge in [0.25, 0.3) is 0 Å². The minimum Gasteiger partial charge on any atom is -0.386 e. The first-order valence-electron chi connectivity index (χ1n) is 7.13. The molecule has 2 aromatic heterocycles. The molecule has 2 heterocycles. The fraction of sp³-hybridized carbons (Fsp3) is 0.222. The van der Waals surface area contributed by atoms with Gasteiger partial charge in [0.2, 0.25) is 0 Å². The molecular formula is C18H17ClN2O. The predicted octanol–water partition coefficient (Wildman–Crippen LogP) is 4.10. The van der Waals surface area contributed by atoms with Crippen LogP contribution >= 0.6 is 11.6 Å². The third-order valence-electron chi connectivity index (χ3n) is 3.64. The fourth-order valence-corrected chi connectivity index (χ4v) is 2.95. The van der Waals surface area contributed by atoms with Gasteiger partial charge in [-0.05, 0) is 49.6 Å². The van der Waals surface area contributed by atoms with Gasteiger partial charge in [0, 0.05) is 34.6 Å². The van der Waals surface area contributed by atoms with E-state index in [0.717, 1.165) is 34.0 Å². The number of pyridine rings is 2. The lowest BCUT2D eigenvalue weighted by Gasteiger charge is -2.19. The monoisotopic (exact) mass is 312 g/mol. The van der Waals surface area contributed by atoms with Gasteiger partial charge in [-0.3, -0.25) is 9.97 Å². The lowest BCUT2D eigenvalue weighted by atomic mass is 9.95. The zero-order valence-electron chi connectivity index (χ0n) is 12.5. The standard InChI is InChI=1S/C18H17ClN2O/c1-18(2,22)15-4-3-12(9-16(15)19)7-13-8-14-11-20-6-5-17(14)21-10-13/h3-6,8-11,22H,7H2,1-2H3. The average molecular weight is 313 g/mol. The Hall–Kier alpha value is -1.97. The molecule has 0 atom stereocenters. The van der Waals surface area contributed by atoms with Gasteiger partial charge < -0.3 is 5.11 Å². The Morgan fingerprint density at radius 2 is 1.91 bits per heavy atom. The summed E-state index contributed by atoms with van der Waals surface area (Å²) < 4.78 is 0. The number of halogens is 1. The van der Waals surface area contributed by atoms with Crippen molar-refractivity contribution in [2.75, 3.05) is 0 Å². The normalized spacial score (nSPS) is 11.8. The van der Waals surface area contributed by atoms with E-state index >= 15 is 0 Å². The highest BCUT2D eigenvalue weighted by Gasteiger charge is 2.19. The van der Waals surface area contributed by atoms with Crippen molar-refractivity contribution in [3.63, 3.8) is 0 Å². The van der Waals surface area contributed by atoms with Crippen LogP contribution in [0, 0.1) is 0 Å². The number of nitrogens with zero attached hydrogens (tertiary/aromatic N) is 2. The zero-order valence-corrected chi connectivity index (χ0v) is 13.3. The van der Waals surface area contributed by atoms with Crippen LogP contribution in [0.4, 0.5) is 0 Å². The van der Waals surface area contributed by atoms with Gasteiger partial charge in [-0.1, -0.05) is 23.7 Å². The molecule has 0 radical (unpaired) electrons. The van der Waals surface area contributed by atoms with Crippen LogP contribution in [0.1, 0.15) is 30.5 Å². The molecule has 0 spiro atoms. The molecular weight excluding hydrogens is 296 g/mol. The summed E-state index contributed by atoms with van der Waals surface area (Å²) in [5, 5.41) is 11.7. The summed E-state index contributed by atoms with van der Waals surface area (Å²) in [7, 11) is 0. The molecule has 3 nitrogen and oxygen atoms in total. The number of fused-ring (bicyclic) bond motifs is 1. The maximum Gasteiger partial charge on any atom is 0.0854 e. The van der Waals surface area contributed by atoms with Gasteiger partial charge in [-0.15, -0.1) is 0 Å². The Morgan fingerprint density at radius 1 is 1.09 bits per heavy atom. The summed E-state index contributed by atoms with van der Waals surface area (Å²) in [6, 6.07) is 9.77. The third-order valence-corrected chi connectivity index (χ3v) is 3.95. The van der Waals surface area contributed by atoms with E-state index in [1.807, 2.05) is 36.7 Å². The van der Waals surface area contributed by atoms with Crippen LogP contribution in [0.3, 0.4) is 0 Å². The maximum atomic E-state index is 10.1. The second-order valence-corrected chi connectivity index (χ2v) is 6.37. The lowest BCUT2D eigenvalue weighted by Crippen LogP contribution is -2.16. The number of aliphatic hydroxyl groups is 1. The number of benzene rings is 1. The summed E-state index contributed by atoms with van der Waals surface area (Å²) in [6.45, 7) is 3.46. The fourth-order valence-electron chi connectivity index (χ4n) is 2.51. The second-order valence-electron chi connectivity index (χ2n) is 5.96. The molecule has 0 amide bonds. The molecule has 0 saturated heterocycles. The van der Waals surface area contributed by atoms with E-state index in [9.17, 15) is 5.11 Å². The predicted molar refractivity (Wildman–Crippen MR) is 89.0 cm³/mol. The van der Waals surface area contributed by atoms with E-state index in [4.69, 9.17) is 11.6 Å². The molecule has 0 aliphatic rings. The molecule has 0 bridgehead atoms. The summed E-state index contributed by atoms with van der Waals surface area (Å²) in [6.07, 6.45) is 6.17. The highest BCUT2D eigenvalue weighted by Crippen LogP contribution is 2.29. The van der Waals surface area contributed by atoms with Crippen molar-refractivity contribution in [2.45, 2.75) is 25.9 Å². The molecule has 0 unspecified atom stereocenters. The first-order chi connectivity index (χ1) is 10.4. The summed E-state index contributed by atoms with van der Waals surface area (Å²) in [5.41, 5.74) is 2.93. The van der Waals surface area contributed by atoms with E-state index < -0.39 is 5.60 Å². The van der Waals surface area contributed by atoms with Crippen LogP contribution in [-0.2, 0) is 12.0 Å². The Bertz CT molecular complexity index is 825. The second kappa shape index (κ2) is 5.67. The van der Waals surface area contributed by atoms with Gasteiger partial charge in [-0.25, -0.2) is 0 Å². The lowest BCUT2D eigenvalue weighted by molar-refractivity contribution is 0.0787.